The van der Waals surface area contributed by atoms with Gasteiger partial charge in [0.05, 0.1) is 17.9 Å². The second-order valence-corrected chi connectivity index (χ2v) is 7.04. The van der Waals surface area contributed by atoms with E-state index in [4.69, 9.17) is 4.74 Å². The molecule has 1 unspecified atom stereocenters. The van der Waals surface area contributed by atoms with E-state index in [0.717, 1.165) is 23.2 Å². The number of hydrogen-bond acceptors (Lipinski definition) is 4. The highest BCUT2D eigenvalue weighted by molar-refractivity contribution is 8.00. The number of halogens is 4. The van der Waals surface area contributed by atoms with Crippen molar-refractivity contribution in [2.24, 2.45) is 0 Å². The Morgan fingerprint density at radius 1 is 1.26 bits per heavy atom. The molecule has 27 heavy (non-hydrogen) atoms. The molecule has 1 aromatic heterocycles. The highest BCUT2D eigenvalue weighted by atomic mass is 32.2. The van der Waals surface area contributed by atoms with Gasteiger partial charge in [-0.3, -0.25) is 4.79 Å². The third-order valence-electron chi connectivity index (χ3n) is 4.02. The van der Waals surface area contributed by atoms with Crippen molar-refractivity contribution in [2.45, 2.75) is 23.6 Å². The molecule has 2 aromatic rings. The summed E-state index contributed by atoms with van der Waals surface area (Å²) in [5.41, 5.74) is -0.825. The van der Waals surface area contributed by atoms with Crippen LogP contribution in [0.5, 0.6) is 5.88 Å². The maximum absolute atomic E-state index is 12.9. The largest absolute Gasteiger partial charge is 0.472 e. The van der Waals surface area contributed by atoms with Gasteiger partial charge in [0, 0.05) is 30.1 Å². The van der Waals surface area contributed by atoms with Crippen LogP contribution in [0.3, 0.4) is 0 Å². The van der Waals surface area contributed by atoms with Gasteiger partial charge >= 0.3 is 6.18 Å². The Hall–Kier alpha value is -2.29. The monoisotopic (exact) mass is 400 g/mol. The van der Waals surface area contributed by atoms with Crippen LogP contribution in [0, 0.1) is 5.82 Å². The number of nitrogens with zero attached hydrogens (tertiary/aromatic N) is 2. The maximum atomic E-state index is 12.9. The van der Waals surface area contributed by atoms with Gasteiger partial charge in [-0.15, -0.1) is 11.8 Å². The lowest BCUT2D eigenvalue weighted by Crippen LogP contribution is -2.32. The van der Waals surface area contributed by atoms with Crippen molar-refractivity contribution in [3.05, 3.63) is 54.0 Å². The normalized spacial score (nSPS) is 17.2. The number of amides is 1. The molecular formula is C18H16F4N2O2S. The van der Waals surface area contributed by atoms with Crippen molar-refractivity contribution in [2.75, 3.05) is 18.8 Å². The summed E-state index contributed by atoms with van der Waals surface area (Å²) in [6.45, 7) is 0.757. The van der Waals surface area contributed by atoms with Gasteiger partial charge in [0.25, 0.3) is 0 Å². The quantitative estimate of drug-likeness (QED) is 0.562. The Morgan fingerprint density at radius 2 is 2.00 bits per heavy atom. The van der Waals surface area contributed by atoms with Gasteiger partial charge in [0.15, 0.2) is 0 Å². The lowest BCUT2D eigenvalue weighted by Gasteiger charge is -2.17. The third-order valence-corrected chi connectivity index (χ3v) is 5.02. The van der Waals surface area contributed by atoms with Gasteiger partial charge in [0.2, 0.25) is 11.8 Å². The number of rotatable bonds is 5. The molecule has 144 valence electrons. The average molecular weight is 400 g/mol. The second kappa shape index (κ2) is 8.16. The Labute approximate surface area is 157 Å². The van der Waals surface area contributed by atoms with E-state index in [1.807, 2.05) is 0 Å². The van der Waals surface area contributed by atoms with Gasteiger partial charge in [-0.25, -0.2) is 9.37 Å². The SMILES string of the molecule is O=C(CSc1ccc(F)cc1)N1CCC(Oc2cc(C(F)(F)F)ccn2)C1. The first-order valence-corrected chi connectivity index (χ1v) is 9.16. The first-order chi connectivity index (χ1) is 12.8. The fraction of sp³-hybridized carbons (Fsp3) is 0.333. The molecule has 1 amide bonds. The van der Waals surface area contributed by atoms with Gasteiger partial charge in [-0.05, 0) is 30.3 Å². The van der Waals surface area contributed by atoms with Crippen molar-refractivity contribution < 1.29 is 27.1 Å². The van der Waals surface area contributed by atoms with Gasteiger partial charge in [0.1, 0.15) is 11.9 Å². The number of carbonyl (C=O) groups is 1. The number of benzene rings is 1. The Bertz CT molecular complexity index is 799. The van der Waals surface area contributed by atoms with E-state index in [2.05, 4.69) is 4.98 Å². The number of carbonyl (C=O) groups excluding carboxylic acids is 1. The molecule has 1 atom stereocenters. The van der Waals surface area contributed by atoms with Crippen LogP contribution in [-0.4, -0.2) is 40.7 Å². The Morgan fingerprint density at radius 3 is 2.70 bits per heavy atom. The van der Waals surface area contributed by atoms with E-state index in [9.17, 15) is 22.4 Å². The molecule has 3 rings (SSSR count). The van der Waals surface area contributed by atoms with E-state index in [1.54, 1.807) is 17.0 Å². The summed E-state index contributed by atoms with van der Waals surface area (Å²) in [7, 11) is 0. The van der Waals surface area contributed by atoms with E-state index in [0.29, 0.717) is 19.5 Å². The summed E-state index contributed by atoms with van der Waals surface area (Å²) in [4.78, 5) is 18.5. The molecule has 1 fully saturated rings. The maximum Gasteiger partial charge on any atom is 0.416 e. The molecule has 1 saturated heterocycles. The molecule has 0 bridgehead atoms. The number of likely N-dealkylation sites (tertiary alicyclic amines) is 1. The summed E-state index contributed by atoms with van der Waals surface area (Å²) in [6.07, 6.45) is -3.29. The van der Waals surface area contributed by atoms with E-state index >= 15 is 0 Å². The fourth-order valence-electron chi connectivity index (χ4n) is 2.64. The standard InChI is InChI=1S/C18H16F4N2O2S/c19-13-1-3-15(4-2-13)27-11-17(25)24-8-6-14(10-24)26-16-9-12(5-7-23-16)18(20,21)22/h1-5,7,9,14H,6,8,10-11H2. The zero-order valence-corrected chi connectivity index (χ0v) is 14.9. The molecule has 0 saturated carbocycles. The van der Waals surface area contributed by atoms with Gasteiger partial charge in [-0.1, -0.05) is 0 Å². The van der Waals surface area contributed by atoms with Crippen LogP contribution < -0.4 is 4.74 Å². The lowest BCUT2D eigenvalue weighted by molar-refractivity contribution is -0.137. The van der Waals surface area contributed by atoms with Crippen LogP contribution >= 0.6 is 11.8 Å². The second-order valence-electron chi connectivity index (χ2n) is 5.99. The molecule has 1 aliphatic rings. The zero-order chi connectivity index (χ0) is 19.4. The van der Waals surface area contributed by atoms with Crippen LogP contribution in [0.4, 0.5) is 17.6 Å². The van der Waals surface area contributed by atoms with E-state index in [1.165, 1.54) is 23.9 Å². The van der Waals surface area contributed by atoms with E-state index < -0.39 is 17.8 Å². The first-order valence-electron chi connectivity index (χ1n) is 8.17. The van der Waals surface area contributed by atoms with Crippen LogP contribution in [-0.2, 0) is 11.0 Å². The summed E-state index contributed by atoms with van der Waals surface area (Å²) in [5, 5.41) is 0. The highest BCUT2D eigenvalue weighted by Gasteiger charge is 2.32. The Kier molecular flexibility index (Phi) is 5.88. The van der Waals surface area contributed by atoms with Crippen LogP contribution in [0.15, 0.2) is 47.5 Å². The molecule has 0 aliphatic carbocycles. The molecule has 0 radical (unpaired) electrons. The smallest absolute Gasteiger partial charge is 0.416 e. The number of hydrogen-bond donors (Lipinski definition) is 0. The number of pyridine rings is 1. The fourth-order valence-corrected chi connectivity index (χ4v) is 3.44. The van der Waals surface area contributed by atoms with Crippen LogP contribution in [0.25, 0.3) is 0 Å². The summed E-state index contributed by atoms with van der Waals surface area (Å²) in [6, 6.07) is 7.59. The number of ether oxygens (including phenoxy) is 1. The Balaban J connectivity index is 1.51. The van der Waals surface area contributed by atoms with E-state index in [-0.39, 0.29) is 23.4 Å². The van der Waals surface area contributed by atoms with Crippen LogP contribution in [0.2, 0.25) is 0 Å². The van der Waals surface area contributed by atoms with Crippen molar-refractivity contribution in [1.82, 2.24) is 9.88 Å². The van der Waals surface area contributed by atoms with Gasteiger partial charge in [-0.2, -0.15) is 13.2 Å². The molecule has 1 aliphatic heterocycles. The first kappa shape index (κ1) is 19.5. The van der Waals surface area contributed by atoms with Gasteiger partial charge < -0.3 is 9.64 Å². The summed E-state index contributed by atoms with van der Waals surface area (Å²) >= 11 is 1.30. The minimum absolute atomic E-state index is 0.104. The van der Waals surface area contributed by atoms with Crippen molar-refractivity contribution in [1.29, 1.82) is 0 Å². The molecular weight excluding hydrogens is 384 g/mol. The molecule has 1 aromatic carbocycles. The highest BCUT2D eigenvalue weighted by Crippen LogP contribution is 2.31. The predicted octanol–water partition coefficient (Wildman–Crippen LogP) is 4.01. The molecule has 0 spiro atoms. The van der Waals surface area contributed by atoms with Crippen molar-refractivity contribution in [3.63, 3.8) is 0 Å². The number of alkyl halides is 3. The molecule has 0 N–H and O–H groups in total. The lowest BCUT2D eigenvalue weighted by atomic mass is 10.2. The molecule has 2 heterocycles. The topological polar surface area (TPSA) is 42.4 Å². The summed E-state index contributed by atoms with van der Waals surface area (Å²) in [5.74, 6) is -0.356. The summed E-state index contributed by atoms with van der Waals surface area (Å²) < 4.78 is 56.6. The van der Waals surface area contributed by atoms with Crippen molar-refractivity contribution in [3.8, 4) is 5.88 Å². The molecule has 9 heteroatoms. The number of aromatic nitrogens is 1. The zero-order valence-electron chi connectivity index (χ0n) is 14.1. The molecule has 4 nitrogen and oxygen atoms in total. The minimum Gasteiger partial charge on any atom is -0.472 e. The number of thioether (sulfide) groups is 1. The minimum atomic E-state index is -4.46. The third kappa shape index (κ3) is 5.35. The van der Waals surface area contributed by atoms with Crippen molar-refractivity contribution >= 4 is 17.7 Å². The average Bonchev–Trinajstić information content (AvgIpc) is 3.09. The van der Waals surface area contributed by atoms with Crippen LogP contribution in [0.1, 0.15) is 12.0 Å². The predicted molar refractivity (Wildman–Crippen MR) is 92.0 cm³/mol.